The largest absolute Gasteiger partial charge is 0.508 e. The van der Waals surface area contributed by atoms with E-state index in [-0.39, 0.29) is 11.1 Å². The Morgan fingerprint density at radius 3 is 2.22 bits per heavy atom. The molecule has 3 heterocycles. The summed E-state index contributed by atoms with van der Waals surface area (Å²) in [5, 5.41) is 92.5. The van der Waals surface area contributed by atoms with Crippen LogP contribution in [0.1, 0.15) is 13.8 Å². The molecule has 2 saturated heterocycles. The summed E-state index contributed by atoms with van der Waals surface area (Å²) in [6.07, 6.45) is -16.4. The first-order chi connectivity index (χ1) is 21.7. The molecule has 1 aromatic heterocycles. The number of hydrogen-bond acceptors (Lipinski definition) is 17. The van der Waals surface area contributed by atoms with Crippen LogP contribution in [-0.4, -0.2) is 120 Å². The van der Waals surface area contributed by atoms with E-state index in [2.05, 4.69) is 0 Å². The second-order valence-corrected chi connectivity index (χ2v) is 10.9. The average molecular weight is 653 g/mol. The fourth-order valence-electron chi connectivity index (χ4n) is 5.19. The van der Waals surface area contributed by atoms with E-state index in [1.165, 1.54) is 13.0 Å². The molecule has 0 aliphatic carbocycles. The van der Waals surface area contributed by atoms with Crippen LogP contribution in [0.5, 0.6) is 28.7 Å². The standard InChI is InChI=1S/C29H32O17/c1-9(30)24-20(37)22(39)29(44-24)45-26-17(8-41-10(2)31)43-28(23(40)21(26)38)46-27-19(36)18-15(35)6-12(32)7-16(18)42-25(27)11-3-4-13(33)14(34)5-11/h3-7,9,17,20-24,26,28-30,32-35,37-40H,8H2,1-2H3/t9-,17+,20-,21+,22+,23+,24-,26+,28-,29-/m0/s1. The Balaban J connectivity index is 1.52. The lowest BCUT2D eigenvalue weighted by molar-refractivity contribution is -0.316. The molecule has 0 unspecified atom stereocenters. The number of carbonyl (C=O) groups excluding carboxylic acids is 1. The minimum Gasteiger partial charge on any atom is -0.508 e. The van der Waals surface area contributed by atoms with Crippen LogP contribution in [0.3, 0.4) is 0 Å². The lowest BCUT2D eigenvalue weighted by Crippen LogP contribution is -2.62. The summed E-state index contributed by atoms with van der Waals surface area (Å²) >= 11 is 0. The number of phenolic OH excluding ortho intramolecular Hbond substituents is 4. The van der Waals surface area contributed by atoms with E-state index in [1.54, 1.807) is 0 Å². The molecule has 3 aromatic rings. The van der Waals surface area contributed by atoms with Gasteiger partial charge in [-0.05, 0) is 25.1 Å². The van der Waals surface area contributed by atoms with Gasteiger partial charge in [0.05, 0.1) is 6.10 Å². The molecular weight excluding hydrogens is 620 g/mol. The number of aromatic hydroxyl groups is 4. The molecule has 0 radical (unpaired) electrons. The lowest BCUT2D eigenvalue weighted by atomic mass is 9.98. The Kier molecular flexibility index (Phi) is 9.30. The van der Waals surface area contributed by atoms with Gasteiger partial charge in [-0.3, -0.25) is 9.59 Å². The van der Waals surface area contributed by atoms with Gasteiger partial charge in [0.2, 0.25) is 17.5 Å². The number of rotatable bonds is 8. The summed E-state index contributed by atoms with van der Waals surface area (Å²) in [4.78, 5) is 25.3. The van der Waals surface area contributed by atoms with Crippen molar-refractivity contribution in [1.82, 2.24) is 0 Å². The fourth-order valence-corrected chi connectivity index (χ4v) is 5.19. The Bertz CT molecular complexity index is 1650. The van der Waals surface area contributed by atoms with Crippen molar-refractivity contribution < 1.29 is 78.9 Å². The summed E-state index contributed by atoms with van der Waals surface area (Å²) in [5.74, 6) is -4.19. The van der Waals surface area contributed by atoms with Crippen LogP contribution in [0.15, 0.2) is 39.5 Å². The maximum absolute atomic E-state index is 13.7. The van der Waals surface area contributed by atoms with Gasteiger partial charge in [-0.1, -0.05) is 0 Å². The summed E-state index contributed by atoms with van der Waals surface area (Å²) < 4.78 is 33.4. The number of fused-ring (bicyclic) bond motifs is 1. The van der Waals surface area contributed by atoms with Gasteiger partial charge in [0.1, 0.15) is 71.8 Å². The third-order valence-electron chi connectivity index (χ3n) is 7.50. The molecule has 2 aromatic carbocycles. The maximum atomic E-state index is 13.7. The molecular formula is C29H32O17. The molecule has 17 nitrogen and oxygen atoms in total. The lowest BCUT2D eigenvalue weighted by Gasteiger charge is -2.42. The molecule has 10 atom stereocenters. The third-order valence-corrected chi connectivity index (χ3v) is 7.50. The zero-order valence-electron chi connectivity index (χ0n) is 24.2. The summed E-state index contributed by atoms with van der Waals surface area (Å²) in [6, 6.07) is 5.20. The molecule has 0 saturated carbocycles. The molecule has 250 valence electrons. The normalized spacial score (nSPS) is 30.3. The van der Waals surface area contributed by atoms with E-state index >= 15 is 0 Å². The van der Waals surface area contributed by atoms with Crippen molar-refractivity contribution in [2.75, 3.05) is 6.61 Å². The molecule has 5 rings (SSSR count). The predicted molar refractivity (Wildman–Crippen MR) is 150 cm³/mol. The number of hydrogen-bond donors (Lipinski definition) is 9. The van der Waals surface area contributed by atoms with Crippen LogP contribution in [0.4, 0.5) is 0 Å². The van der Waals surface area contributed by atoms with Crippen molar-refractivity contribution in [2.24, 2.45) is 0 Å². The zero-order valence-corrected chi connectivity index (χ0v) is 24.2. The smallest absolute Gasteiger partial charge is 0.302 e. The van der Waals surface area contributed by atoms with Crippen molar-refractivity contribution in [1.29, 1.82) is 0 Å². The van der Waals surface area contributed by atoms with Gasteiger partial charge < -0.3 is 74.1 Å². The van der Waals surface area contributed by atoms with Crippen LogP contribution in [0, 0.1) is 0 Å². The van der Waals surface area contributed by atoms with Crippen LogP contribution >= 0.6 is 0 Å². The molecule has 9 N–H and O–H groups in total. The second kappa shape index (κ2) is 12.9. The molecule has 46 heavy (non-hydrogen) atoms. The highest BCUT2D eigenvalue weighted by Gasteiger charge is 2.52. The minimum absolute atomic E-state index is 0.0470. The quantitative estimate of drug-likeness (QED) is 0.103. The molecule has 0 spiro atoms. The number of ether oxygens (including phenoxy) is 5. The van der Waals surface area contributed by atoms with Gasteiger partial charge in [0, 0.05) is 24.6 Å². The van der Waals surface area contributed by atoms with Crippen LogP contribution < -0.4 is 10.2 Å². The Morgan fingerprint density at radius 2 is 1.59 bits per heavy atom. The van der Waals surface area contributed by atoms with E-state index in [1.807, 2.05) is 0 Å². The summed E-state index contributed by atoms with van der Waals surface area (Å²) in [5.41, 5.74) is -1.40. The van der Waals surface area contributed by atoms with E-state index in [0.717, 1.165) is 31.2 Å². The van der Waals surface area contributed by atoms with Gasteiger partial charge in [-0.15, -0.1) is 0 Å². The first-order valence-electron chi connectivity index (χ1n) is 13.9. The first-order valence-corrected chi connectivity index (χ1v) is 13.9. The van der Waals surface area contributed by atoms with Crippen LogP contribution in [0.25, 0.3) is 22.3 Å². The second-order valence-electron chi connectivity index (χ2n) is 10.9. The molecule has 2 aliphatic rings. The molecule has 0 amide bonds. The number of aliphatic hydroxyl groups is 5. The number of esters is 1. The number of phenols is 4. The van der Waals surface area contributed by atoms with Crippen molar-refractivity contribution >= 4 is 16.9 Å². The topological polar surface area (TPSA) is 275 Å². The van der Waals surface area contributed by atoms with E-state index in [4.69, 9.17) is 28.1 Å². The van der Waals surface area contributed by atoms with Crippen molar-refractivity contribution in [3.63, 3.8) is 0 Å². The Morgan fingerprint density at radius 1 is 0.891 bits per heavy atom. The molecule has 0 bridgehead atoms. The highest BCUT2D eigenvalue weighted by atomic mass is 16.7. The summed E-state index contributed by atoms with van der Waals surface area (Å²) in [7, 11) is 0. The van der Waals surface area contributed by atoms with Gasteiger partial charge in [0.15, 0.2) is 23.5 Å². The monoisotopic (exact) mass is 652 g/mol. The van der Waals surface area contributed by atoms with Crippen molar-refractivity contribution in [3.05, 3.63) is 40.6 Å². The van der Waals surface area contributed by atoms with E-state index in [9.17, 15) is 55.5 Å². The van der Waals surface area contributed by atoms with Gasteiger partial charge in [-0.25, -0.2) is 0 Å². The third kappa shape index (κ3) is 6.26. The Hall–Kier alpha value is -4.20. The van der Waals surface area contributed by atoms with Gasteiger partial charge >= 0.3 is 5.97 Å². The molecule has 17 heteroatoms. The number of aliphatic hydroxyl groups excluding tert-OH is 5. The van der Waals surface area contributed by atoms with E-state index < -0.39 is 119 Å². The summed E-state index contributed by atoms with van der Waals surface area (Å²) in [6.45, 7) is 1.77. The molecule has 2 aliphatic heterocycles. The number of carbonyl (C=O) groups is 1. The van der Waals surface area contributed by atoms with Crippen LogP contribution in [-0.2, 0) is 23.7 Å². The first kappa shape index (κ1) is 33.2. The van der Waals surface area contributed by atoms with Crippen LogP contribution in [0.2, 0.25) is 0 Å². The Labute approximate surface area is 258 Å². The minimum atomic E-state index is -2.03. The fraction of sp³-hybridized carbons (Fsp3) is 0.448. The SMILES string of the molecule is CC(=O)OC[C@H]1O[C@@H](Oc2c(-c3ccc(O)c(O)c3)oc3cc(O)cc(O)c3c2=O)[C@H](O)[C@@H](O)[C@@H]1O[C@@H]1O[C@@H]([C@H](C)O)[C@@H](O)[C@H]1O. The highest BCUT2D eigenvalue weighted by Crippen LogP contribution is 2.40. The highest BCUT2D eigenvalue weighted by molar-refractivity contribution is 5.88. The average Bonchev–Trinajstić information content (AvgIpc) is 3.27. The predicted octanol–water partition coefficient (Wildman–Crippen LogP) is -1.12. The zero-order chi connectivity index (χ0) is 33.6. The number of benzene rings is 2. The molecule has 2 fully saturated rings. The van der Waals surface area contributed by atoms with Gasteiger partial charge in [-0.2, -0.15) is 0 Å². The van der Waals surface area contributed by atoms with Crippen molar-refractivity contribution in [2.45, 2.75) is 75.3 Å². The van der Waals surface area contributed by atoms with E-state index in [0.29, 0.717) is 0 Å². The van der Waals surface area contributed by atoms with Gasteiger partial charge in [0.25, 0.3) is 0 Å². The maximum Gasteiger partial charge on any atom is 0.302 e. The van der Waals surface area contributed by atoms with Crippen molar-refractivity contribution in [3.8, 4) is 40.1 Å².